The summed E-state index contributed by atoms with van der Waals surface area (Å²) in [4.78, 5) is 16.0. The van der Waals surface area contributed by atoms with Crippen LogP contribution in [-0.2, 0) is 14.3 Å². The lowest BCUT2D eigenvalue weighted by Gasteiger charge is -2.23. The number of carbonyl (C=O) groups excluding carboxylic acids is 1. The fourth-order valence-electron chi connectivity index (χ4n) is 3.68. The number of ether oxygens (including phenoxy) is 2. The molecular formula is C21H19N3O3. The number of nitrogens with zero attached hydrogens (tertiary/aromatic N) is 3. The van der Waals surface area contributed by atoms with Gasteiger partial charge in [-0.2, -0.15) is 5.10 Å². The molecule has 1 unspecified atom stereocenters. The lowest BCUT2D eigenvalue weighted by atomic mass is 10.1. The number of fused-ring (bicyclic) bond motifs is 1. The topological polar surface area (TPSA) is 66.2 Å². The summed E-state index contributed by atoms with van der Waals surface area (Å²) in [5, 5.41) is 5.90. The van der Waals surface area contributed by atoms with Crippen molar-refractivity contribution in [3.05, 3.63) is 54.4 Å². The first-order chi connectivity index (χ1) is 13.3. The van der Waals surface area contributed by atoms with Crippen molar-refractivity contribution in [2.24, 2.45) is 0 Å². The highest BCUT2D eigenvalue weighted by molar-refractivity contribution is 5.98. The Labute approximate surface area is 156 Å². The first kappa shape index (κ1) is 16.2. The van der Waals surface area contributed by atoms with Crippen molar-refractivity contribution in [1.82, 2.24) is 14.8 Å². The molecule has 27 heavy (non-hydrogen) atoms. The van der Waals surface area contributed by atoms with Gasteiger partial charge in [-0.1, -0.05) is 30.3 Å². The average molecular weight is 361 g/mol. The molecule has 2 aliphatic heterocycles. The van der Waals surface area contributed by atoms with Crippen molar-refractivity contribution in [3.63, 3.8) is 0 Å². The van der Waals surface area contributed by atoms with Crippen LogP contribution in [0.4, 0.5) is 0 Å². The van der Waals surface area contributed by atoms with Crippen LogP contribution in [0.2, 0.25) is 0 Å². The smallest absolute Gasteiger partial charge is 0.331 e. The van der Waals surface area contributed by atoms with E-state index in [-0.39, 0.29) is 18.8 Å². The molecule has 0 amide bonds. The summed E-state index contributed by atoms with van der Waals surface area (Å²) in [5.41, 5.74) is 4.42. The second-order valence-electron chi connectivity index (χ2n) is 6.84. The second kappa shape index (κ2) is 6.63. The Balaban J connectivity index is 1.68. The summed E-state index contributed by atoms with van der Waals surface area (Å²) in [5.74, 6) is -0.318. The first-order valence-electron chi connectivity index (χ1n) is 9.22. The van der Waals surface area contributed by atoms with E-state index < -0.39 is 0 Å². The van der Waals surface area contributed by atoms with Gasteiger partial charge in [-0.15, -0.1) is 0 Å². The van der Waals surface area contributed by atoms with Crippen molar-refractivity contribution in [2.75, 3.05) is 13.2 Å². The second-order valence-corrected chi connectivity index (χ2v) is 6.84. The fourth-order valence-corrected chi connectivity index (χ4v) is 3.68. The van der Waals surface area contributed by atoms with Crippen LogP contribution in [0.5, 0.6) is 0 Å². The van der Waals surface area contributed by atoms with E-state index in [1.807, 2.05) is 35.1 Å². The Hall–Kier alpha value is -2.99. The zero-order valence-electron chi connectivity index (χ0n) is 14.8. The molecule has 1 atom stereocenters. The number of carbonyl (C=O) groups is 1. The molecule has 0 bridgehead atoms. The lowest BCUT2D eigenvalue weighted by molar-refractivity contribution is -0.134. The molecule has 2 aliphatic rings. The van der Waals surface area contributed by atoms with Crippen molar-refractivity contribution in [1.29, 1.82) is 0 Å². The van der Waals surface area contributed by atoms with Crippen molar-refractivity contribution < 1.29 is 14.3 Å². The maximum atomic E-state index is 11.4. The number of cyclic esters (lactones) is 1. The molecule has 136 valence electrons. The molecule has 0 N–H and O–H groups in total. The molecule has 5 rings (SSSR count). The largest absolute Gasteiger partial charge is 0.458 e. The monoisotopic (exact) mass is 361 g/mol. The molecule has 0 saturated carbocycles. The van der Waals surface area contributed by atoms with Crippen LogP contribution in [-0.4, -0.2) is 33.9 Å². The maximum Gasteiger partial charge on any atom is 0.331 e. The third kappa shape index (κ3) is 2.92. The number of esters is 1. The van der Waals surface area contributed by atoms with Gasteiger partial charge in [0.25, 0.3) is 0 Å². The summed E-state index contributed by atoms with van der Waals surface area (Å²) >= 11 is 0. The zero-order valence-corrected chi connectivity index (χ0v) is 14.8. The fraction of sp³-hybridized carbons (Fsp3) is 0.286. The van der Waals surface area contributed by atoms with Gasteiger partial charge >= 0.3 is 5.97 Å². The Morgan fingerprint density at radius 1 is 1.15 bits per heavy atom. The number of rotatable bonds is 3. The van der Waals surface area contributed by atoms with Gasteiger partial charge in [0.15, 0.2) is 6.23 Å². The van der Waals surface area contributed by atoms with Crippen LogP contribution in [0.3, 0.4) is 0 Å². The van der Waals surface area contributed by atoms with Gasteiger partial charge in [-0.25, -0.2) is 9.48 Å². The van der Waals surface area contributed by atoms with Crippen molar-refractivity contribution in [3.8, 4) is 11.3 Å². The molecule has 0 aliphatic carbocycles. The van der Waals surface area contributed by atoms with Crippen molar-refractivity contribution in [2.45, 2.75) is 25.5 Å². The minimum atomic E-state index is -0.318. The molecule has 6 heteroatoms. The van der Waals surface area contributed by atoms with E-state index in [1.165, 1.54) is 6.08 Å². The molecule has 0 spiro atoms. The van der Waals surface area contributed by atoms with Gasteiger partial charge in [-0.05, 0) is 25.3 Å². The highest BCUT2D eigenvalue weighted by Gasteiger charge is 2.23. The van der Waals surface area contributed by atoms with Gasteiger partial charge in [0.05, 0.1) is 17.4 Å². The lowest BCUT2D eigenvalue weighted by Crippen LogP contribution is -2.19. The van der Waals surface area contributed by atoms with Crippen LogP contribution in [0.15, 0.2) is 48.7 Å². The number of pyridine rings is 1. The molecule has 1 saturated heterocycles. The molecular weight excluding hydrogens is 342 g/mol. The van der Waals surface area contributed by atoms with Gasteiger partial charge in [0.1, 0.15) is 12.3 Å². The molecule has 6 nitrogen and oxygen atoms in total. The minimum absolute atomic E-state index is 0.0676. The van der Waals surface area contributed by atoms with Crippen LogP contribution >= 0.6 is 0 Å². The molecule has 1 aromatic carbocycles. The first-order valence-corrected chi connectivity index (χ1v) is 9.22. The predicted octanol–water partition coefficient (Wildman–Crippen LogP) is 3.74. The van der Waals surface area contributed by atoms with E-state index in [1.54, 1.807) is 0 Å². The van der Waals surface area contributed by atoms with Crippen LogP contribution in [0, 0.1) is 0 Å². The summed E-state index contributed by atoms with van der Waals surface area (Å²) in [6.07, 6.45) is 6.43. The Bertz CT molecular complexity index is 1030. The number of aromatic nitrogens is 3. The van der Waals surface area contributed by atoms with E-state index in [9.17, 15) is 4.79 Å². The van der Waals surface area contributed by atoms with E-state index >= 15 is 0 Å². The zero-order chi connectivity index (χ0) is 18.2. The normalized spacial score (nSPS) is 19.9. The molecule has 0 radical (unpaired) electrons. The van der Waals surface area contributed by atoms with E-state index in [4.69, 9.17) is 14.6 Å². The Kier molecular flexibility index (Phi) is 3.98. The quantitative estimate of drug-likeness (QED) is 0.665. The number of hydrogen-bond acceptors (Lipinski definition) is 5. The summed E-state index contributed by atoms with van der Waals surface area (Å²) in [6.45, 7) is 1.02. The third-order valence-corrected chi connectivity index (χ3v) is 5.06. The van der Waals surface area contributed by atoms with Gasteiger partial charge < -0.3 is 9.47 Å². The SMILES string of the molecule is O=C1C=C(c2cc3c(-c4ccccc4)nn(C4CCCCO4)c3cn2)CO1. The highest BCUT2D eigenvalue weighted by Crippen LogP contribution is 2.34. The molecule has 4 heterocycles. The van der Waals surface area contributed by atoms with Crippen LogP contribution in [0.25, 0.3) is 27.7 Å². The summed E-state index contributed by atoms with van der Waals surface area (Å²) in [6, 6.07) is 12.1. The van der Waals surface area contributed by atoms with E-state index in [2.05, 4.69) is 17.1 Å². The highest BCUT2D eigenvalue weighted by atomic mass is 16.5. The van der Waals surface area contributed by atoms with Gasteiger partial charge in [-0.3, -0.25) is 4.98 Å². The Morgan fingerprint density at radius 3 is 2.78 bits per heavy atom. The minimum Gasteiger partial charge on any atom is -0.458 e. The number of hydrogen-bond donors (Lipinski definition) is 0. The van der Waals surface area contributed by atoms with Crippen LogP contribution in [0.1, 0.15) is 31.2 Å². The van der Waals surface area contributed by atoms with Gasteiger partial charge in [0, 0.05) is 29.2 Å². The van der Waals surface area contributed by atoms with E-state index in [0.717, 1.165) is 59.3 Å². The molecule has 2 aromatic heterocycles. The standard InChI is InChI=1S/C21H19N3O3/c25-20-10-15(13-27-20)17-11-16-18(12-22-17)24(19-8-4-5-9-26-19)23-21(16)14-6-2-1-3-7-14/h1-3,6-7,10-12,19H,4-5,8-9,13H2. The third-order valence-electron chi connectivity index (χ3n) is 5.06. The van der Waals surface area contributed by atoms with E-state index in [0.29, 0.717) is 0 Å². The molecule has 3 aromatic rings. The maximum absolute atomic E-state index is 11.4. The average Bonchev–Trinajstić information content (AvgIpc) is 3.33. The van der Waals surface area contributed by atoms with Gasteiger partial charge in [0.2, 0.25) is 0 Å². The predicted molar refractivity (Wildman–Crippen MR) is 101 cm³/mol. The summed E-state index contributed by atoms with van der Waals surface area (Å²) < 4.78 is 13.0. The summed E-state index contributed by atoms with van der Waals surface area (Å²) in [7, 11) is 0. The van der Waals surface area contributed by atoms with Crippen LogP contribution < -0.4 is 0 Å². The number of benzene rings is 1. The molecule has 1 fully saturated rings. The Morgan fingerprint density at radius 2 is 2.04 bits per heavy atom. The van der Waals surface area contributed by atoms with Crippen molar-refractivity contribution >= 4 is 22.4 Å².